The average molecular weight is 213 g/mol. The van der Waals surface area contributed by atoms with Crippen LogP contribution in [0.1, 0.15) is 39.5 Å². The van der Waals surface area contributed by atoms with E-state index in [9.17, 15) is 5.11 Å². The number of hydrogen-bond donors (Lipinski definition) is 1. The zero-order valence-electron chi connectivity index (χ0n) is 9.91. The van der Waals surface area contributed by atoms with Gasteiger partial charge in [0, 0.05) is 19.1 Å². The van der Waals surface area contributed by atoms with E-state index in [1.807, 2.05) is 0 Å². The van der Waals surface area contributed by atoms with Crippen LogP contribution in [0, 0.1) is 0 Å². The molecule has 1 aliphatic carbocycles. The van der Waals surface area contributed by atoms with Gasteiger partial charge in [-0.2, -0.15) is 0 Å². The molecule has 0 bridgehead atoms. The van der Waals surface area contributed by atoms with E-state index in [-0.39, 0.29) is 11.7 Å². The Kier molecular flexibility index (Phi) is 3.33. The first-order valence-corrected chi connectivity index (χ1v) is 6.13. The maximum atomic E-state index is 9.68. The quantitative estimate of drug-likeness (QED) is 0.714. The Balaban J connectivity index is 1.92. The van der Waals surface area contributed by atoms with Crippen LogP contribution in [-0.2, 0) is 4.74 Å². The minimum atomic E-state index is -0.0743. The molecule has 1 aliphatic heterocycles. The van der Waals surface area contributed by atoms with Crippen molar-refractivity contribution in [2.24, 2.45) is 0 Å². The van der Waals surface area contributed by atoms with E-state index in [1.165, 1.54) is 12.8 Å². The van der Waals surface area contributed by atoms with Crippen LogP contribution in [-0.4, -0.2) is 47.4 Å². The minimum Gasteiger partial charge on any atom is -0.393 e. The van der Waals surface area contributed by atoms with Gasteiger partial charge in [0.2, 0.25) is 0 Å². The van der Waals surface area contributed by atoms with Crippen molar-refractivity contribution in [1.82, 2.24) is 4.90 Å². The van der Waals surface area contributed by atoms with E-state index < -0.39 is 0 Å². The Morgan fingerprint density at radius 3 is 2.80 bits per heavy atom. The molecule has 15 heavy (non-hydrogen) atoms. The molecule has 1 saturated carbocycles. The first-order chi connectivity index (χ1) is 7.07. The van der Waals surface area contributed by atoms with Crippen molar-refractivity contribution in [3.63, 3.8) is 0 Å². The van der Waals surface area contributed by atoms with Crippen molar-refractivity contribution in [2.75, 3.05) is 19.7 Å². The summed E-state index contributed by atoms with van der Waals surface area (Å²) >= 11 is 0. The third kappa shape index (κ3) is 2.92. The zero-order valence-corrected chi connectivity index (χ0v) is 9.91. The molecule has 2 aliphatic rings. The van der Waals surface area contributed by atoms with Crippen LogP contribution in [0.4, 0.5) is 0 Å². The van der Waals surface area contributed by atoms with Gasteiger partial charge in [0.15, 0.2) is 0 Å². The molecule has 0 aromatic heterocycles. The fraction of sp³-hybridized carbons (Fsp3) is 1.00. The molecule has 2 atom stereocenters. The van der Waals surface area contributed by atoms with Crippen LogP contribution in [0.2, 0.25) is 0 Å². The van der Waals surface area contributed by atoms with Gasteiger partial charge in [-0.3, -0.25) is 4.90 Å². The first-order valence-electron chi connectivity index (χ1n) is 6.13. The van der Waals surface area contributed by atoms with Crippen molar-refractivity contribution in [3.8, 4) is 0 Å². The second-order valence-electron chi connectivity index (χ2n) is 5.55. The van der Waals surface area contributed by atoms with Crippen LogP contribution in [0.25, 0.3) is 0 Å². The highest BCUT2D eigenvalue weighted by molar-refractivity contribution is 4.86. The molecule has 2 unspecified atom stereocenters. The monoisotopic (exact) mass is 213 g/mol. The Morgan fingerprint density at radius 2 is 2.13 bits per heavy atom. The van der Waals surface area contributed by atoms with Crippen molar-refractivity contribution in [2.45, 2.75) is 57.3 Å². The molecular formula is C12H23NO2. The lowest BCUT2D eigenvalue weighted by molar-refractivity contribution is -0.105. The summed E-state index contributed by atoms with van der Waals surface area (Å²) in [5, 5.41) is 9.68. The van der Waals surface area contributed by atoms with Crippen LogP contribution in [0.3, 0.4) is 0 Å². The third-order valence-corrected chi connectivity index (χ3v) is 3.59. The summed E-state index contributed by atoms with van der Waals surface area (Å²) in [6.07, 6.45) is 4.28. The SMILES string of the molecule is CC1(C)CN(C2CCCC(O)C2)CCO1. The van der Waals surface area contributed by atoms with Crippen LogP contribution >= 0.6 is 0 Å². The highest BCUT2D eigenvalue weighted by Gasteiger charge is 2.33. The van der Waals surface area contributed by atoms with E-state index in [0.29, 0.717) is 6.04 Å². The number of hydrogen-bond acceptors (Lipinski definition) is 3. The summed E-state index contributed by atoms with van der Waals surface area (Å²) in [5.41, 5.74) is -0.0132. The second kappa shape index (κ2) is 4.40. The number of nitrogens with zero attached hydrogens (tertiary/aromatic N) is 1. The Bertz CT molecular complexity index is 218. The van der Waals surface area contributed by atoms with E-state index >= 15 is 0 Å². The fourth-order valence-electron chi connectivity index (χ4n) is 2.84. The number of rotatable bonds is 1. The molecule has 3 nitrogen and oxygen atoms in total. The molecule has 88 valence electrons. The molecule has 2 fully saturated rings. The van der Waals surface area contributed by atoms with Gasteiger partial charge in [-0.15, -0.1) is 0 Å². The summed E-state index contributed by atoms with van der Waals surface area (Å²) in [6.45, 7) is 7.17. The zero-order chi connectivity index (χ0) is 10.9. The molecule has 3 heteroatoms. The van der Waals surface area contributed by atoms with Crippen molar-refractivity contribution < 1.29 is 9.84 Å². The number of ether oxygens (including phenoxy) is 1. The molecule has 1 N–H and O–H groups in total. The fourth-order valence-corrected chi connectivity index (χ4v) is 2.84. The third-order valence-electron chi connectivity index (χ3n) is 3.59. The van der Waals surface area contributed by atoms with Crippen LogP contribution in [0.5, 0.6) is 0 Å². The lowest BCUT2D eigenvalue weighted by Crippen LogP contribution is -2.53. The maximum Gasteiger partial charge on any atom is 0.0753 e. The second-order valence-corrected chi connectivity index (χ2v) is 5.55. The van der Waals surface area contributed by atoms with Gasteiger partial charge in [-0.05, 0) is 39.5 Å². The minimum absolute atomic E-state index is 0.0132. The van der Waals surface area contributed by atoms with Gasteiger partial charge < -0.3 is 9.84 Å². The largest absolute Gasteiger partial charge is 0.393 e. The summed E-state index contributed by atoms with van der Waals surface area (Å²) in [5.74, 6) is 0. The van der Waals surface area contributed by atoms with E-state index in [4.69, 9.17) is 4.74 Å². The van der Waals surface area contributed by atoms with Crippen LogP contribution in [0.15, 0.2) is 0 Å². The van der Waals surface area contributed by atoms with Gasteiger partial charge >= 0.3 is 0 Å². The maximum absolute atomic E-state index is 9.68. The van der Waals surface area contributed by atoms with Gasteiger partial charge in [-0.25, -0.2) is 0 Å². The molecule has 0 radical (unpaired) electrons. The van der Waals surface area contributed by atoms with Gasteiger partial charge in [0.1, 0.15) is 0 Å². The Morgan fingerprint density at radius 1 is 1.33 bits per heavy atom. The summed E-state index contributed by atoms with van der Waals surface area (Å²) in [7, 11) is 0. The van der Waals surface area contributed by atoms with Gasteiger partial charge in [0.05, 0.1) is 18.3 Å². The smallest absolute Gasteiger partial charge is 0.0753 e. The highest BCUT2D eigenvalue weighted by atomic mass is 16.5. The standard InChI is InChI=1S/C12H23NO2/c1-12(2)9-13(6-7-15-12)10-4-3-5-11(14)8-10/h10-11,14H,3-9H2,1-2H3. The Hall–Kier alpha value is -0.120. The molecule has 1 saturated heterocycles. The molecule has 1 heterocycles. The summed E-state index contributed by atoms with van der Waals surface area (Å²) in [6, 6.07) is 0.580. The molecule has 0 spiro atoms. The lowest BCUT2D eigenvalue weighted by Gasteiger charge is -2.44. The van der Waals surface area contributed by atoms with E-state index in [0.717, 1.165) is 32.5 Å². The van der Waals surface area contributed by atoms with Gasteiger partial charge in [-0.1, -0.05) is 0 Å². The topological polar surface area (TPSA) is 32.7 Å². The van der Waals surface area contributed by atoms with Crippen molar-refractivity contribution in [1.29, 1.82) is 0 Å². The number of aliphatic hydroxyl groups is 1. The van der Waals surface area contributed by atoms with Crippen LogP contribution < -0.4 is 0 Å². The average Bonchev–Trinajstić information content (AvgIpc) is 2.16. The normalized spacial score (nSPS) is 37.8. The van der Waals surface area contributed by atoms with Gasteiger partial charge in [0.25, 0.3) is 0 Å². The van der Waals surface area contributed by atoms with Crippen molar-refractivity contribution >= 4 is 0 Å². The molecule has 0 aromatic carbocycles. The number of morpholine rings is 1. The molecular weight excluding hydrogens is 190 g/mol. The predicted octanol–water partition coefficient (Wildman–Crippen LogP) is 1.40. The van der Waals surface area contributed by atoms with Crippen molar-refractivity contribution in [3.05, 3.63) is 0 Å². The molecule has 0 aromatic rings. The highest BCUT2D eigenvalue weighted by Crippen LogP contribution is 2.27. The van der Waals surface area contributed by atoms with E-state index in [1.54, 1.807) is 0 Å². The summed E-state index contributed by atoms with van der Waals surface area (Å²) < 4.78 is 5.71. The predicted molar refractivity (Wildman–Crippen MR) is 59.9 cm³/mol. The lowest BCUT2D eigenvalue weighted by atomic mass is 9.90. The number of aliphatic hydroxyl groups excluding tert-OH is 1. The molecule has 0 amide bonds. The van der Waals surface area contributed by atoms with E-state index in [2.05, 4.69) is 18.7 Å². The Labute approximate surface area is 92.4 Å². The summed E-state index contributed by atoms with van der Waals surface area (Å²) in [4.78, 5) is 2.51. The first kappa shape index (κ1) is 11.4. The molecule has 2 rings (SSSR count).